The number of para-hydroxylation sites is 1. The van der Waals surface area contributed by atoms with E-state index in [1.807, 2.05) is 26.0 Å². The summed E-state index contributed by atoms with van der Waals surface area (Å²) in [6.45, 7) is 5.07. The van der Waals surface area contributed by atoms with Gasteiger partial charge in [0, 0.05) is 24.2 Å². The van der Waals surface area contributed by atoms with E-state index in [0.29, 0.717) is 12.1 Å². The fourth-order valence-electron chi connectivity index (χ4n) is 2.03. The fourth-order valence-corrected chi connectivity index (χ4v) is 3.33. The number of sulfonamides is 1. The second kappa shape index (κ2) is 6.30. The third-order valence-corrected chi connectivity index (χ3v) is 4.47. The maximum Gasteiger partial charge on any atom is 0.242 e. The zero-order valence-corrected chi connectivity index (χ0v) is 12.4. The molecule has 2 aromatic rings. The van der Waals surface area contributed by atoms with Crippen LogP contribution in [0.2, 0.25) is 0 Å². The van der Waals surface area contributed by atoms with Crippen LogP contribution in [0.3, 0.4) is 0 Å². The number of likely N-dealkylation sites (N-methyl/N-ethyl adjacent to an activating group) is 1. The number of hydrogen-bond acceptors (Lipinski definition) is 4. The smallest absolute Gasteiger partial charge is 0.242 e. The normalized spacial score (nSPS) is 13.5. The minimum atomic E-state index is -3.55. The van der Waals surface area contributed by atoms with E-state index in [1.54, 1.807) is 24.4 Å². The summed E-state index contributed by atoms with van der Waals surface area (Å²) < 4.78 is 27.4. The molecule has 0 unspecified atom stereocenters. The first-order chi connectivity index (χ1) is 9.54. The van der Waals surface area contributed by atoms with Gasteiger partial charge in [-0.05, 0) is 25.6 Å². The van der Waals surface area contributed by atoms with Gasteiger partial charge in [0.1, 0.15) is 4.90 Å². The van der Waals surface area contributed by atoms with Crippen LogP contribution in [-0.2, 0) is 10.0 Å². The third kappa shape index (κ3) is 3.33. The van der Waals surface area contributed by atoms with E-state index in [2.05, 4.69) is 15.0 Å². The molecule has 1 heterocycles. The molecule has 108 valence electrons. The molecule has 0 aliphatic heterocycles. The Kier molecular flexibility index (Phi) is 4.69. The summed E-state index contributed by atoms with van der Waals surface area (Å²) in [5, 5.41) is 3.98. The molecule has 0 aliphatic rings. The lowest BCUT2D eigenvalue weighted by molar-refractivity contribution is 0.536. The van der Waals surface area contributed by atoms with Gasteiger partial charge >= 0.3 is 0 Å². The molecule has 1 aromatic heterocycles. The number of pyridine rings is 1. The highest BCUT2D eigenvalue weighted by molar-refractivity contribution is 7.89. The van der Waals surface area contributed by atoms with Crippen LogP contribution in [0.5, 0.6) is 0 Å². The summed E-state index contributed by atoms with van der Waals surface area (Å²) in [6.07, 6.45) is 1.60. The molecule has 5 nitrogen and oxygen atoms in total. The van der Waals surface area contributed by atoms with Crippen LogP contribution >= 0.6 is 0 Å². The van der Waals surface area contributed by atoms with E-state index in [4.69, 9.17) is 0 Å². The zero-order chi connectivity index (χ0) is 14.6. The van der Waals surface area contributed by atoms with Gasteiger partial charge in [0.25, 0.3) is 0 Å². The molecule has 0 saturated heterocycles. The van der Waals surface area contributed by atoms with Gasteiger partial charge < -0.3 is 5.32 Å². The van der Waals surface area contributed by atoms with Crippen LogP contribution in [0, 0.1) is 0 Å². The molecule has 0 radical (unpaired) electrons. The molecular formula is C14H19N3O2S. The fraction of sp³-hybridized carbons (Fsp3) is 0.357. The highest BCUT2D eigenvalue weighted by Crippen LogP contribution is 2.20. The Morgan fingerprint density at radius 3 is 2.75 bits per heavy atom. The third-order valence-electron chi connectivity index (χ3n) is 3.02. The maximum absolute atomic E-state index is 12.4. The topological polar surface area (TPSA) is 71.1 Å². The van der Waals surface area contributed by atoms with Gasteiger partial charge in [0.15, 0.2) is 0 Å². The van der Waals surface area contributed by atoms with Crippen molar-refractivity contribution in [3.05, 3.63) is 36.5 Å². The molecule has 2 rings (SSSR count). The molecule has 0 aliphatic carbocycles. The number of benzene rings is 1. The van der Waals surface area contributed by atoms with E-state index >= 15 is 0 Å². The maximum atomic E-state index is 12.4. The molecule has 20 heavy (non-hydrogen) atoms. The Morgan fingerprint density at radius 2 is 2.00 bits per heavy atom. The Labute approximate surface area is 119 Å². The van der Waals surface area contributed by atoms with Crippen molar-refractivity contribution in [3.8, 4) is 0 Å². The second-order valence-electron chi connectivity index (χ2n) is 4.64. The van der Waals surface area contributed by atoms with Crippen molar-refractivity contribution in [1.29, 1.82) is 0 Å². The number of nitrogens with zero attached hydrogens (tertiary/aromatic N) is 1. The van der Waals surface area contributed by atoms with Crippen molar-refractivity contribution in [2.24, 2.45) is 0 Å². The molecule has 6 heteroatoms. The Balaban J connectivity index is 2.28. The standard InChI is InChI=1S/C14H19N3O2S/c1-3-15-11(2)10-17-20(18,19)13-8-4-6-12-7-5-9-16-14(12)13/h4-9,11,15,17H,3,10H2,1-2H3/t11-/m1/s1. The predicted octanol–water partition coefficient (Wildman–Crippen LogP) is 1.51. The van der Waals surface area contributed by atoms with Crippen LogP contribution in [0.1, 0.15) is 13.8 Å². The van der Waals surface area contributed by atoms with Crippen LogP contribution in [0.15, 0.2) is 41.4 Å². The Bertz CT molecular complexity index is 680. The Morgan fingerprint density at radius 1 is 1.25 bits per heavy atom. The lowest BCUT2D eigenvalue weighted by Crippen LogP contribution is -2.38. The average Bonchev–Trinajstić information content (AvgIpc) is 2.45. The molecule has 0 saturated carbocycles. The first-order valence-corrected chi connectivity index (χ1v) is 8.09. The lowest BCUT2D eigenvalue weighted by Gasteiger charge is -2.14. The van der Waals surface area contributed by atoms with E-state index in [-0.39, 0.29) is 10.9 Å². The molecule has 1 atom stereocenters. The summed E-state index contributed by atoms with van der Waals surface area (Å²) in [7, 11) is -3.55. The quantitative estimate of drug-likeness (QED) is 0.847. The number of hydrogen-bond donors (Lipinski definition) is 2. The van der Waals surface area contributed by atoms with E-state index < -0.39 is 10.0 Å². The predicted molar refractivity (Wildman–Crippen MR) is 80.1 cm³/mol. The van der Waals surface area contributed by atoms with Crippen LogP contribution < -0.4 is 10.0 Å². The monoisotopic (exact) mass is 293 g/mol. The molecule has 0 amide bonds. The van der Waals surface area contributed by atoms with Gasteiger partial charge in [-0.1, -0.05) is 25.1 Å². The number of rotatable bonds is 6. The van der Waals surface area contributed by atoms with E-state index in [1.165, 1.54) is 0 Å². The molecular weight excluding hydrogens is 274 g/mol. The molecule has 2 N–H and O–H groups in total. The van der Waals surface area contributed by atoms with Gasteiger partial charge in [-0.2, -0.15) is 0 Å². The molecule has 0 bridgehead atoms. The molecule has 0 spiro atoms. The first-order valence-electron chi connectivity index (χ1n) is 6.61. The van der Waals surface area contributed by atoms with Gasteiger partial charge in [0.2, 0.25) is 10.0 Å². The van der Waals surface area contributed by atoms with Crippen LogP contribution in [-0.4, -0.2) is 32.5 Å². The minimum absolute atomic E-state index is 0.0812. The lowest BCUT2D eigenvalue weighted by atomic mass is 10.2. The SMILES string of the molecule is CCN[C@H](C)CNS(=O)(=O)c1cccc2cccnc12. The molecule has 0 fully saturated rings. The summed E-state index contributed by atoms with van der Waals surface area (Å²) in [4.78, 5) is 4.40. The summed E-state index contributed by atoms with van der Waals surface area (Å²) >= 11 is 0. The number of aromatic nitrogens is 1. The summed E-state index contributed by atoms with van der Waals surface area (Å²) in [5.74, 6) is 0. The minimum Gasteiger partial charge on any atom is -0.313 e. The first kappa shape index (κ1) is 14.9. The highest BCUT2D eigenvalue weighted by atomic mass is 32.2. The number of fused-ring (bicyclic) bond motifs is 1. The highest BCUT2D eigenvalue weighted by Gasteiger charge is 2.18. The van der Waals surface area contributed by atoms with E-state index in [0.717, 1.165) is 11.9 Å². The largest absolute Gasteiger partial charge is 0.313 e. The zero-order valence-electron chi connectivity index (χ0n) is 11.6. The summed E-state index contributed by atoms with van der Waals surface area (Å²) in [5.41, 5.74) is 0.499. The van der Waals surface area contributed by atoms with Gasteiger partial charge in [-0.15, -0.1) is 0 Å². The van der Waals surface area contributed by atoms with Crippen molar-refractivity contribution in [1.82, 2.24) is 15.0 Å². The van der Waals surface area contributed by atoms with Crippen molar-refractivity contribution in [3.63, 3.8) is 0 Å². The van der Waals surface area contributed by atoms with Crippen molar-refractivity contribution >= 4 is 20.9 Å². The number of nitrogens with one attached hydrogen (secondary N) is 2. The van der Waals surface area contributed by atoms with Gasteiger partial charge in [0.05, 0.1) is 5.52 Å². The second-order valence-corrected chi connectivity index (χ2v) is 6.38. The van der Waals surface area contributed by atoms with Crippen molar-refractivity contribution < 1.29 is 8.42 Å². The Hall–Kier alpha value is -1.50. The van der Waals surface area contributed by atoms with Crippen molar-refractivity contribution in [2.45, 2.75) is 24.8 Å². The molecule has 1 aromatic carbocycles. The van der Waals surface area contributed by atoms with Crippen molar-refractivity contribution in [2.75, 3.05) is 13.1 Å². The van der Waals surface area contributed by atoms with Gasteiger partial charge in [-0.25, -0.2) is 13.1 Å². The van der Waals surface area contributed by atoms with Gasteiger partial charge in [-0.3, -0.25) is 4.98 Å². The van der Waals surface area contributed by atoms with Crippen LogP contribution in [0.25, 0.3) is 10.9 Å². The summed E-state index contributed by atoms with van der Waals surface area (Å²) in [6, 6.07) is 8.88. The van der Waals surface area contributed by atoms with Crippen LogP contribution in [0.4, 0.5) is 0 Å². The van der Waals surface area contributed by atoms with E-state index in [9.17, 15) is 8.42 Å². The average molecular weight is 293 g/mol.